The molecule has 1 heterocycles. The maximum atomic E-state index is 12.2. The SMILES string of the molecule is COc1cccc(NC(=O)CCC2CCN(Cc3ccc(O)c(Cl)c3)CC2)c1. The van der Waals surface area contributed by atoms with Crippen molar-refractivity contribution >= 4 is 23.2 Å². The van der Waals surface area contributed by atoms with Crippen LogP contribution in [0.2, 0.25) is 5.02 Å². The molecule has 1 saturated heterocycles. The summed E-state index contributed by atoms with van der Waals surface area (Å²) in [6.07, 6.45) is 3.64. The molecule has 0 unspecified atom stereocenters. The number of nitrogens with zero attached hydrogens (tertiary/aromatic N) is 1. The topological polar surface area (TPSA) is 61.8 Å². The highest BCUT2D eigenvalue weighted by Gasteiger charge is 2.20. The van der Waals surface area contributed by atoms with Crippen molar-refractivity contribution in [3.8, 4) is 11.5 Å². The van der Waals surface area contributed by atoms with Crippen LogP contribution in [0.4, 0.5) is 5.69 Å². The van der Waals surface area contributed by atoms with E-state index in [1.54, 1.807) is 13.2 Å². The van der Waals surface area contributed by atoms with Crippen molar-refractivity contribution < 1.29 is 14.6 Å². The van der Waals surface area contributed by atoms with E-state index in [0.717, 1.165) is 55.9 Å². The van der Waals surface area contributed by atoms with Gasteiger partial charge in [-0.05, 0) is 68.1 Å². The molecule has 2 aromatic carbocycles. The molecule has 0 aromatic heterocycles. The predicted molar refractivity (Wildman–Crippen MR) is 112 cm³/mol. The molecular formula is C22H27ClN2O3. The smallest absolute Gasteiger partial charge is 0.224 e. The normalized spacial score (nSPS) is 15.4. The van der Waals surface area contributed by atoms with Crippen LogP contribution < -0.4 is 10.1 Å². The van der Waals surface area contributed by atoms with Crippen LogP contribution in [-0.4, -0.2) is 36.1 Å². The van der Waals surface area contributed by atoms with Crippen molar-refractivity contribution in [3.63, 3.8) is 0 Å². The maximum absolute atomic E-state index is 12.2. The van der Waals surface area contributed by atoms with Gasteiger partial charge in [-0.2, -0.15) is 0 Å². The highest BCUT2D eigenvalue weighted by atomic mass is 35.5. The molecule has 28 heavy (non-hydrogen) atoms. The molecule has 0 spiro atoms. The second kappa shape index (κ2) is 9.80. The Balaban J connectivity index is 1.39. The number of methoxy groups -OCH3 is 1. The summed E-state index contributed by atoms with van der Waals surface area (Å²) in [6, 6.07) is 12.8. The molecule has 0 radical (unpaired) electrons. The summed E-state index contributed by atoms with van der Waals surface area (Å²) in [4.78, 5) is 14.6. The number of rotatable bonds is 7. The van der Waals surface area contributed by atoms with E-state index in [1.807, 2.05) is 36.4 Å². The lowest BCUT2D eigenvalue weighted by molar-refractivity contribution is -0.116. The number of carbonyl (C=O) groups excluding carboxylic acids is 1. The van der Waals surface area contributed by atoms with Gasteiger partial charge < -0.3 is 15.2 Å². The van der Waals surface area contributed by atoms with Crippen molar-refractivity contribution in [2.75, 3.05) is 25.5 Å². The Morgan fingerprint density at radius 1 is 1.25 bits per heavy atom. The van der Waals surface area contributed by atoms with Gasteiger partial charge in [0.05, 0.1) is 12.1 Å². The lowest BCUT2D eigenvalue weighted by Crippen LogP contribution is -2.33. The standard InChI is InChI=1S/C22H27ClN2O3/c1-28-19-4-2-3-18(14-19)24-22(27)8-6-16-9-11-25(12-10-16)15-17-5-7-21(26)20(23)13-17/h2-5,7,13-14,16,26H,6,8-12,15H2,1H3,(H,24,27). The molecule has 1 aliphatic heterocycles. The molecule has 0 saturated carbocycles. The van der Waals surface area contributed by atoms with Crippen LogP contribution in [0, 0.1) is 5.92 Å². The van der Waals surface area contributed by atoms with E-state index in [1.165, 1.54) is 0 Å². The minimum Gasteiger partial charge on any atom is -0.506 e. The number of hydrogen-bond donors (Lipinski definition) is 2. The summed E-state index contributed by atoms with van der Waals surface area (Å²) in [5.74, 6) is 1.49. The van der Waals surface area contributed by atoms with Crippen LogP contribution in [0.3, 0.4) is 0 Å². The molecule has 1 aliphatic rings. The molecule has 3 rings (SSSR count). The Kier molecular flexibility index (Phi) is 7.18. The average molecular weight is 403 g/mol. The third-order valence-corrected chi connectivity index (χ3v) is 5.56. The van der Waals surface area contributed by atoms with Gasteiger partial charge in [0.2, 0.25) is 5.91 Å². The zero-order valence-electron chi connectivity index (χ0n) is 16.2. The summed E-state index contributed by atoms with van der Waals surface area (Å²) in [6.45, 7) is 2.87. The third kappa shape index (κ3) is 5.88. The van der Waals surface area contributed by atoms with Gasteiger partial charge in [0, 0.05) is 24.7 Å². The summed E-state index contributed by atoms with van der Waals surface area (Å²) < 4.78 is 5.18. The van der Waals surface area contributed by atoms with E-state index in [-0.39, 0.29) is 11.7 Å². The quantitative estimate of drug-likeness (QED) is 0.705. The Bertz CT molecular complexity index is 804. The Hall–Kier alpha value is -2.24. The molecule has 0 bridgehead atoms. The van der Waals surface area contributed by atoms with E-state index < -0.39 is 0 Å². The number of phenols is 1. The first-order valence-corrected chi connectivity index (χ1v) is 10.0. The maximum Gasteiger partial charge on any atom is 0.224 e. The number of amides is 1. The minimum absolute atomic E-state index is 0.0504. The molecular weight excluding hydrogens is 376 g/mol. The minimum atomic E-state index is 0.0504. The summed E-state index contributed by atoms with van der Waals surface area (Å²) in [5, 5.41) is 12.9. The summed E-state index contributed by atoms with van der Waals surface area (Å²) >= 11 is 5.99. The number of nitrogens with one attached hydrogen (secondary N) is 1. The van der Waals surface area contributed by atoms with Gasteiger partial charge in [-0.1, -0.05) is 23.7 Å². The largest absolute Gasteiger partial charge is 0.506 e. The van der Waals surface area contributed by atoms with Crippen molar-refractivity contribution in [2.45, 2.75) is 32.2 Å². The molecule has 5 nitrogen and oxygen atoms in total. The van der Waals surface area contributed by atoms with Crippen molar-refractivity contribution in [3.05, 3.63) is 53.1 Å². The van der Waals surface area contributed by atoms with Gasteiger partial charge in [0.15, 0.2) is 0 Å². The zero-order valence-corrected chi connectivity index (χ0v) is 16.9. The summed E-state index contributed by atoms with van der Waals surface area (Å²) in [7, 11) is 1.61. The fourth-order valence-corrected chi connectivity index (χ4v) is 3.80. The van der Waals surface area contributed by atoms with E-state index >= 15 is 0 Å². The fourth-order valence-electron chi connectivity index (χ4n) is 3.60. The van der Waals surface area contributed by atoms with Crippen LogP contribution >= 0.6 is 11.6 Å². The second-order valence-corrected chi connectivity index (χ2v) is 7.73. The number of phenolic OH excluding ortho intramolecular Hbond substituents is 1. The number of halogens is 1. The number of carbonyl (C=O) groups is 1. The van der Waals surface area contributed by atoms with E-state index in [4.69, 9.17) is 16.3 Å². The monoisotopic (exact) mass is 402 g/mol. The molecule has 1 fully saturated rings. The van der Waals surface area contributed by atoms with Crippen LogP contribution in [0.5, 0.6) is 11.5 Å². The molecule has 1 amide bonds. The lowest BCUT2D eigenvalue weighted by Gasteiger charge is -2.32. The molecule has 6 heteroatoms. The molecule has 150 valence electrons. The first kappa shape index (κ1) is 20.5. The van der Waals surface area contributed by atoms with Gasteiger partial charge in [-0.3, -0.25) is 9.69 Å². The van der Waals surface area contributed by atoms with Crippen LogP contribution in [-0.2, 0) is 11.3 Å². The first-order valence-electron chi connectivity index (χ1n) is 9.67. The second-order valence-electron chi connectivity index (χ2n) is 7.32. The summed E-state index contributed by atoms with van der Waals surface area (Å²) in [5.41, 5.74) is 1.88. The highest BCUT2D eigenvalue weighted by molar-refractivity contribution is 6.32. The number of piperidine rings is 1. The first-order chi connectivity index (χ1) is 13.5. The average Bonchev–Trinajstić information content (AvgIpc) is 2.70. The number of hydrogen-bond acceptors (Lipinski definition) is 4. The van der Waals surface area contributed by atoms with Crippen molar-refractivity contribution in [2.24, 2.45) is 5.92 Å². The number of anilines is 1. The van der Waals surface area contributed by atoms with Crippen molar-refractivity contribution in [1.82, 2.24) is 4.90 Å². The molecule has 2 aromatic rings. The highest BCUT2D eigenvalue weighted by Crippen LogP contribution is 2.27. The Morgan fingerprint density at radius 3 is 2.75 bits per heavy atom. The molecule has 0 atom stereocenters. The van der Waals surface area contributed by atoms with Gasteiger partial charge in [-0.15, -0.1) is 0 Å². The van der Waals surface area contributed by atoms with Crippen LogP contribution in [0.25, 0.3) is 0 Å². The van der Waals surface area contributed by atoms with E-state index in [9.17, 15) is 9.90 Å². The fraction of sp³-hybridized carbons (Fsp3) is 0.409. The van der Waals surface area contributed by atoms with Gasteiger partial charge in [0.1, 0.15) is 11.5 Å². The number of ether oxygens (including phenoxy) is 1. The van der Waals surface area contributed by atoms with Crippen LogP contribution in [0.1, 0.15) is 31.2 Å². The predicted octanol–water partition coefficient (Wildman–Crippen LogP) is 4.69. The zero-order chi connectivity index (χ0) is 19.9. The molecule has 2 N–H and O–H groups in total. The van der Waals surface area contributed by atoms with Crippen molar-refractivity contribution in [1.29, 1.82) is 0 Å². The van der Waals surface area contributed by atoms with E-state index in [2.05, 4.69) is 10.2 Å². The lowest BCUT2D eigenvalue weighted by atomic mass is 9.92. The molecule has 0 aliphatic carbocycles. The van der Waals surface area contributed by atoms with Gasteiger partial charge in [-0.25, -0.2) is 0 Å². The van der Waals surface area contributed by atoms with Gasteiger partial charge >= 0.3 is 0 Å². The third-order valence-electron chi connectivity index (χ3n) is 5.26. The van der Waals surface area contributed by atoms with E-state index in [0.29, 0.717) is 17.4 Å². The number of aromatic hydroxyl groups is 1. The number of benzene rings is 2. The van der Waals surface area contributed by atoms with Crippen LogP contribution in [0.15, 0.2) is 42.5 Å². The Labute approximate surface area is 171 Å². The van der Waals surface area contributed by atoms with Gasteiger partial charge in [0.25, 0.3) is 0 Å². The number of likely N-dealkylation sites (tertiary alicyclic amines) is 1. The Morgan fingerprint density at radius 2 is 2.04 bits per heavy atom.